The third-order valence-electron chi connectivity index (χ3n) is 2.77. The zero-order valence-electron chi connectivity index (χ0n) is 11.1. The molecule has 0 unspecified atom stereocenters. The second-order valence-corrected chi connectivity index (χ2v) is 5.35. The molecule has 18 heavy (non-hydrogen) atoms. The Hall–Kier alpha value is -1.26. The first kappa shape index (κ1) is 13.2. The molecule has 2 rings (SSSR count). The molecule has 0 bridgehead atoms. The van der Waals surface area contributed by atoms with Crippen LogP contribution in [0.1, 0.15) is 32.0 Å². The van der Waals surface area contributed by atoms with E-state index in [4.69, 9.17) is 0 Å². The van der Waals surface area contributed by atoms with Crippen molar-refractivity contribution < 1.29 is 0 Å². The van der Waals surface area contributed by atoms with Gasteiger partial charge in [0, 0.05) is 41.0 Å². The lowest BCUT2D eigenvalue weighted by atomic mass is 10.1. The lowest BCUT2D eigenvalue weighted by Gasteiger charge is -2.11. The summed E-state index contributed by atoms with van der Waals surface area (Å²) in [7, 11) is 0. The summed E-state index contributed by atoms with van der Waals surface area (Å²) in [6, 6.07) is 2.54. The summed E-state index contributed by atoms with van der Waals surface area (Å²) in [5.74, 6) is 0.835. The molecule has 0 spiro atoms. The summed E-state index contributed by atoms with van der Waals surface area (Å²) >= 11 is 1.67. The third kappa shape index (κ3) is 3.15. The number of aromatic nitrogens is 2. The van der Waals surface area contributed by atoms with Gasteiger partial charge in [-0.15, -0.1) is 0 Å². The number of aryl methyl sites for hydroxylation is 1. The molecular weight excluding hydrogens is 242 g/mol. The minimum absolute atomic E-state index is 0.478. The zero-order chi connectivity index (χ0) is 13.0. The largest absolute Gasteiger partial charge is 0.310 e. The van der Waals surface area contributed by atoms with Crippen LogP contribution in [-0.4, -0.2) is 16.0 Å². The molecule has 0 radical (unpaired) electrons. The van der Waals surface area contributed by atoms with Gasteiger partial charge in [0.05, 0.1) is 0 Å². The highest BCUT2D eigenvalue weighted by atomic mass is 32.1. The quantitative estimate of drug-likeness (QED) is 0.897. The molecule has 2 heterocycles. The number of hydrogen-bond acceptors (Lipinski definition) is 4. The molecule has 0 aliphatic heterocycles. The van der Waals surface area contributed by atoms with Crippen molar-refractivity contribution in [1.29, 1.82) is 0 Å². The second kappa shape index (κ2) is 6.07. The van der Waals surface area contributed by atoms with Gasteiger partial charge in [-0.3, -0.25) is 0 Å². The van der Waals surface area contributed by atoms with E-state index in [-0.39, 0.29) is 0 Å². The molecule has 0 aromatic carbocycles. The zero-order valence-corrected chi connectivity index (χ0v) is 11.9. The van der Waals surface area contributed by atoms with Crippen LogP contribution in [0.4, 0.5) is 0 Å². The average Bonchev–Trinajstić information content (AvgIpc) is 2.90. The summed E-state index contributed by atoms with van der Waals surface area (Å²) in [5.41, 5.74) is 3.45. The van der Waals surface area contributed by atoms with Crippen LogP contribution in [0.2, 0.25) is 0 Å². The predicted octanol–water partition coefficient (Wildman–Crippen LogP) is 3.27. The van der Waals surface area contributed by atoms with E-state index in [0.717, 1.165) is 30.0 Å². The monoisotopic (exact) mass is 261 g/mol. The van der Waals surface area contributed by atoms with Crippen LogP contribution < -0.4 is 5.32 Å². The van der Waals surface area contributed by atoms with E-state index in [1.165, 1.54) is 5.56 Å². The number of rotatable bonds is 5. The van der Waals surface area contributed by atoms with Gasteiger partial charge in [0.15, 0.2) is 5.82 Å². The van der Waals surface area contributed by atoms with Crippen molar-refractivity contribution in [3.05, 3.63) is 34.3 Å². The van der Waals surface area contributed by atoms with E-state index >= 15 is 0 Å². The van der Waals surface area contributed by atoms with Gasteiger partial charge < -0.3 is 5.32 Å². The first-order valence-corrected chi connectivity index (χ1v) is 7.25. The van der Waals surface area contributed by atoms with E-state index in [1.807, 2.05) is 6.20 Å². The van der Waals surface area contributed by atoms with Crippen molar-refractivity contribution >= 4 is 11.3 Å². The van der Waals surface area contributed by atoms with Crippen LogP contribution in [-0.2, 0) is 13.0 Å². The lowest BCUT2D eigenvalue weighted by Crippen LogP contribution is -2.23. The smallest absolute Gasteiger partial charge is 0.160 e. The number of nitrogens with one attached hydrogen (secondary N) is 1. The van der Waals surface area contributed by atoms with E-state index < -0.39 is 0 Å². The first-order chi connectivity index (χ1) is 8.70. The highest BCUT2D eigenvalue weighted by Gasteiger charge is 2.08. The second-order valence-electron chi connectivity index (χ2n) is 4.57. The van der Waals surface area contributed by atoms with Crippen molar-refractivity contribution in [1.82, 2.24) is 15.3 Å². The molecular formula is C14H19N3S. The molecule has 2 aromatic heterocycles. The predicted molar refractivity (Wildman–Crippen MR) is 76.7 cm³/mol. The number of nitrogens with zero attached hydrogens (tertiary/aromatic N) is 2. The maximum Gasteiger partial charge on any atom is 0.160 e. The first-order valence-electron chi connectivity index (χ1n) is 6.31. The Labute approximate surface area is 112 Å². The SMILES string of the molecule is CCc1nc(-c2ccsc2)ncc1CNC(C)C. The van der Waals surface area contributed by atoms with Gasteiger partial charge in [-0.25, -0.2) is 9.97 Å². The molecule has 0 aliphatic rings. The van der Waals surface area contributed by atoms with Gasteiger partial charge >= 0.3 is 0 Å². The van der Waals surface area contributed by atoms with Crippen LogP contribution in [0.15, 0.2) is 23.0 Å². The fraction of sp³-hybridized carbons (Fsp3) is 0.429. The molecule has 3 nitrogen and oxygen atoms in total. The maximum atomic E-state index is 4.67. The summed E-state index contributed by atoms with van der Waals surface area (Å²) in [6.07, 6.45) is 2.89. The van der Waals surface area contributed by atoms with Crippen LogP contribution in [0.25, 0.3) is 11.4 Å². The van der Waals surface area contributed by atoms with Crippen molar-refractivity contribution in [2.45, 2.75) is 39.8 Å². The van der Waals surface area contributed by atoms with Crippen molar-refractivity contribution in [3.8, 4) is 11.4 Å². The van der Waals surface area contributed by atoms with Crippen LogP contribution in [0.5, 0.6) is 0 Å². The summed E-state index contributed by atoms with van der Waals surface area (Å²) in [5, 5.41) is 7.55. The number of hydrogen-bond donors (Lipinski definition) is 1. The topological polar surface area (TPSA) is 37.8 Å². The Morgan fingerprint density at radius 2 is 2.22 bits per heavy atom. The van der Waals surface area contributed by atoms with Gasteiger partial charge in [0.2, 0.25) is 0 Å². The Balaban J connectivity index is 2.23. The third-order valence-corrected chi connectivity index (χ3v) is 3.45. The molecule has 1 N–H and O–H groups in total. The Bertz CT molecular complexity index is 492. The van der Waals surface area contributed by atoms with Crippen LogP contribution in [0.3, 0.4) is 0 Å². The van der Waals surface area contributed by atoms with Gasteiger partial charge in [0.1, 0.15) is 0 Å². The molecule has 0 fully saturated rings. The van der Waals surface area contributed by atoms with Crippen LogP contribution in [0, 0.1) is 0 Å². The molecule has 0 amide bonds. The van der Waals surface area contributed by atoms with Crippen molar-refractivity contribution in [2.24, 2.45) is 0 Å². The lowest BCUT2D eigenvalue weighted by molar-refractivity contribution is 0.583. The molecule has 0 saturated carbocycles. The van der Waals surface area contributed by atoms with Crippen molar-refractivity contribution in [3.63, 3.8) is 0 Å². The Kier molecular flexibility index (Phi) is 4.44. The molecule has 96 valence electrons. The standard InChI is InChI=1S/C14H19N3S/c1-4-13-12(7-15-10(2)3)8-16-14(17-13)11-5-6-18-9-11/h5-6,8-10,15H,4,7H2,1-3H3. The van der Waals surface area contributed by atoms with Crippen LogP contribution >= 0.6 is 11.3 Å². The Morgan fingerprint density at radius 3 is 2.83 bits per heavy atom. The highest BCUT2D eigenvalue weighted by Crippen LogP contribution is 2.19. The normalized spacial score (nSPS) is 11.1. The van der Waals surface area contributed by atoms with Gasteiger partial charge in [-0.05, 0) is 17.9 Å². The fourth-order valence-electron chi connectivity index (χ4n) is 1.74. The minimum Gasteiger partial charge on any atom is -0.310 e. The molecule has 0 saturated heterocycles. The average molecular weight is 261 g/mol. The van der Waals surface area contributed by atoms with E-state index in [9.17, 15) is 0 Å². The van der Waals surface area contributed by atoms with E-state index in [2.05, 4.69) is 52.9 Å². The summed E-state index contributed by atoms with van der Waals surface area (Å²) in [4.78, 5) is 9.13. The number of thiophene rings is 1. The molecule has 0 aliphatic carbocycles. The molecule has 2 aromatic rings. The molecule has 4 heteroatoms. The van der Waals surface area contributed by atoms with Gasteiger partial charge in [0.25, 0.3) is 0 Å². The Morgan fingerprint density at radius 1 is 1.39 bits per heavy atom. The fourth-order valence-corrected chi connectivity index (χ4v) is 2.38. The van der Waals surface area contributed by atoms with Crippen molar-refractivity contribution in [2.75, 3.05) is 0 Å². The molecule has 0 atom stereocenters. The van der Waals surface area contributed by atoms with E-state index in [1.54, 1.807) is 11.3 Å². The summed E-state index contributed by atoms with van der Waals surface area (Å²) in [6.45, 7) is 7.27. The van der Waals surface area contributed by atoms with E-state index in [0.29, 0.717) is 6.04 Å². The minimum atomic E-state index is 0.478. The van der Waals surface area contributed by atoms with Gasteiger partial charge in [-0.1, -0.05) is 20.8 Å². The maximum absolute atomic E-state index is 4.67. The highest BCUT2D eigenvalue weighted by molar-refractivity contribution is 7.08. The van der Waals surface area contributed by atoms with Gasteiger partial charge in [-0.2, -0.15) is 11.3 Å². The summed E-state index contributed by atoms with van der Waals surface area (Å²) < 4.78 is 0.